The van der Waals surface area contributed by atoms with Crippen molar-refractivity contribution in [1.29, 1.82) is 0 Å². The van der Waals surface area contributed by atoms with Crippen LogP contribution in [0.4, 0.5) is 5.69 Å². The van der Waals surface area contributed by atoms with Crippen LogP contribution in [0, 0.1) is 0 Å². The first kappa shape index (κ1) is 10.3. The lowest BCUT2D eigenvalue weighted by Crippen LogP contribution is -2.28. The number of benzene rings is 1. The minimum atomic E-state index is -0.386. The van der Waals surface area contributed by atoms with E-state index in [1.165, 1.54) is 0 Å². The Morgan fingerprint density at radius 1 is 0.941 bits per heavy atom. The maximum Gasteiger partial charge on any atom is 0.303 e. The lowest BCUT2D eigenvalue weighted by atomic mass is 9.96. The molecule has 0 bridgehead atoms. The van der Waals surface area contributed by atoms with Crippen LogP contribution in [0.1, 0.15) is 25.7 Å². The first-order valence-corrected chi connectivity index (χ1v) is 5.95. The van der Waals surface area contributed by atoms with Crippen molar-refractivity contribution in [1.82, 2.24) is 0 Å². The van der Waals surface area contributed by atoms with E-state index < -0.39 is 0 Å². The second-order valence-electron chi connectivity index (χ2n) is 4.44. The molecule has 1 aliphatic heterocycles. The summed E-state index contributed by atoms with van der Waals surface area (Å²) < 4.78 is 0. The normalized spacial score (nSPS) is 19.9. The van der Waals surface area contributed by atoms with Crippen LogP contribution in [0.25, 0.3) is 0 Å². The van der Waals surface area contributed by atoms with Gasteiger partial charge in [0.15, 0.2) is 0 Å². The van der Waals surface area contributed by atoms with Gasteiger partial charge in [-0.25, -0.2) is 0 Å². The number of allylic oxidation sites excluding steroid dienone is 1. The zero-order chi connectivity index (χ0) is 11.8. The number of hydrogen-bond acceptors (Lipinski definition) is 2. The van der Waals surface area contributed by atoms with E-state index in [0.717, 1.165) is 42.6 Å². The molecule has 1 amide bonds. The molecule has 1 aromatic carbocycles. The highest BCUT2D eigenvalue weighted by Crippen LogP contribution is 2.36. The third-order valence-electron chi connectivity index (χ3n) is 3.39. The molecule has 0 unspecified atom stereocenters. The second-order valence-corrected chi connectivity index (χ2v) is 4.44. The van der Waals surface area contributed by atoms with Gasteiger partial charge < -0.3 is 0 Å². The first-order valence-electron chi connectivity index (χ1n) is 5.95. The molecule has 0 N–H and O–H groups in total. The number of carbonyl (C=O) groups excluding carboxylic acids is 2. The van der Waals surface area contributed by atoms with Gasteiger partial charge in [-0.1, -0.05) is 18.2 Å². The third kappa shape index (κ3) is 1.50. The van der Waals surface area contributed by atoms with Crippen LogP contribution < -0.4 is 4.90 Å². The molecule has 0 radical (unpaired) electrons. The van der Waals surface area contributed by atoms with Crippen LogP contribution in [0.5, 0.6) is 0 Å². The molecule has 0 fully saturated rings. The fourth-order valence-corrected chi connectivity index (χ4v) is 2.58. The van der Waals surface area contributed by atoms with Gasteiger partial charge in [0.05, 0.1) is 0 Å². The van der Waals surface area contributed by atoms with Crippen molar-refractivity contribution in [2.75, 3.05) is 4.90 Å². The van der Waals surface area contributed by atoms with E-state index in [-0.39, 0.29) is 11.7 Å². The Morgan fingerprint density at radius 2 is 1.65 bits per heavy atom. The summed E-state index contributed by atoms with van der Waals surface area (Å²) in [6.45, 7) is 0. The van der Waals surface area contributed by atoms with Gasteiger partial charge in [-0.2, -0.15) is 0 Å². The van der Waals surface area contributed by atoms with Gasteiger partial charge in [-0.05, 0) is 37.8 Å². The number of ketones is 1. The molecule has 17 heavy (non-hydrogen) atoms. The fraction of sp³-hybridized carbons (Fsp3) is 0.286. The number of rotatable bonds is 1. The summed E-state index contributed by atoms with van der Waals surface area (Å²) >= 11 is 0. The topological polar surface area (TPSA) is 37.4 Å². The molecule has 86 valence electrons. The van der Waals surface area contributed by atoms with Crippen molar-refractivity contribution in [2.24, 2.45) is 0 Å². The largest absolute Gasteiger partial charge is 0.303 e. The molecule has 2 aliphatic rings. The van der Waals surface area contributed by atoms with Gasteiger partial charge in [0.25, 0.3) is 0 Å². The molecule has 0 spiro atoms. The Labute approximate surface area is 99.7 Å². The van der Waals surface area contributed by atoms with Crippen LogP contribution in [0.3, 0.4) is 0 Å². The van der Waals surface area contributed by atoms with E-state index in [4.69, 9.17) is 0 Å². The molecule has 3 rings (SSSR count). The van der Waals surface area contributed by atoms with Crippen molar-refractivity contribution >= 4 is 17.4 Å². The van der Waals surface area contributed by atoms with E-state index in [2.05, 4.69) is 0 Å². The van der Waals surface area contributed by atoms with Crippen molar-refractivity contribution < 1.29 is 9.59 Å². The number of carbonyl (C=O) groups is 2. The van der Waals surface area contributed by atoms with E-state index in [0.29, 0.717) is 0 Å². The molecule has 0 saturated heterocycles. The zero-order valence-corrected chi connectivity index (χ0v) is 9.48. The molecule has 0 atom stereocenters. The Bertz CT molecular complexity index is 516. The SMILES string of the molecule is O=C1C(=O)N(c2ccccc2)C2=C1CCCC2. The average Bonchev–Trinajstić information content (AvgIpc) is 2.64. The zero-order valence-electron chi connectivity index (χ0n) is 9.48. The fourth-order valence-electron chi connectivity index (χ4n) is 2.58. The maximum absolute atomic E-state index is 12.0. The molecule has 3 nitrogen and oxygen atoms in total. The summed E-state index contributed by atoms with van der Waals surface area (Å²) in [6.07, 6.45) is 3.66. The van der Waals surface area contributed by atoms with Gasteiger partial charge in [0.1, 0.15) is 0 Å². The second kappa shape index (κ2) is 3.84. The quantitative estimate of drug-likeness (QED) is 0.691. The maximum atomic E-state index is 12.0. The number of hydrogen-bond donors (Lipinski definition) is 0. The van der Waals surface area contributed by atoms with Crippen LogP contribution in [-0.2, 0) is 9.59 Å². The van der Waals surface area contributed by atoms with Gasteiger partial charge in [0, 0.05) is 17.0 Å². The van der Waals surface area contributed by atoms with Crippen molar-refractivity contribution in [3.05, 3.63) is 41.6 Å². The number of Topliss-reactive ketones (excluding diaryl/α,β-unsaturated/α-hetero) is 1. The Balaban J connectivity index is 2.08. The molecule has 1 aliphatic carbocycles. The molecule has 1 aromatic rings. The van der Waals surface area contributed by atoms with Gasteiger partial charge >= 0.3 is 5.91 Å². The number of para-hydroxylation sites is 1. The Morgan fingerprint density at radius 3 is 2.41 bits per heavy atom. The molecular weight excluding hydrogens is 214 g/mol. The predicted molar refractivity (Wildman–Crippen MR) is 64.4 cm³/mol. The molecule has 1 heterocycles. The van der Waals surface area contributed by atoms with Crippen molar-refractivity contribution in [2.45, 2.75) is 25.7 Å². The van der Waals surface area contributed by atoms with Crippen LogP contribution in [-0.4, -0.2) is 11.7 Å². The molecule has 3 heteroatoms. The summed E-state index contributed by atoms with van der Waals surface area (Å²) in [6, 6.07) is 9.41. The summed E-state index contributed by atoms with van der Waals surface area (Å²) in [5.41, 5.74) is 2.47. The molecule has 0 saturated carbocycles. The standard InChI is InChI=1S/C14H13NO2/c16-13-11-8-4-5-9-12(11)15(14(13)17)10-6-2-1-3-7-10/h1-3,6-7H,4-5,8-9H2. The number of anilines is 1. The first-order chi connectivity index (χ1) is 8.29. The minimum Gasteiger partial charge on any atom is -0.283 e. The van der Waals surface area contributed by atoms with Crippen molar-refractivity contribution in [3.63, 3.8) is 0 Å². The molecular formula is C14H13NO2. The highest BCUT2D eigenvalue weighted by Gasteiger charge is 2.39. The average molecular weight is 227 g/mol. The van der Waals surface area contributed by atoms with Crippen molar-refractivity contribution in [3.8, 4) is 0 Å². The van der Waals surface area contributed by atoms with Gasteiger partial charge in [-0.15, -0.1) is 0 Å². The van der Waals surface area contributed by atoms with E-state index >= 15 is 0 Å². The lowest BCUT2D eigenvalue weighted by Gasteiger charge is -2.22. The van der Waals surface area contributed by atoms with Crippen LogP contribution in [0.15, 0.2) is 41.6 Å². The van der Waals surface area contributed by atoms with E-state index in [1.54, 1.807) is 4.90 Å². The minimum absolute atomic E-state index is 0.302. The Hall–Kier alpha value is -1.90. The molecule has 0 aromatic heterocycles. The van der Waals surface area contributed by atoms with E-state index in [1.807, 2.05) is 30.3 Å². The summed E-state index contributed by atoms with van der Waals surface area (Å²) in [5.74, 6) is -0.688. The lowest BCUT2D eigenvalue weighted by molar-refractivity contribution is -0.132. The summed E-state index contributed by atoms with van der Waals surface area (Å²) in [4.78, 5) is 25.5. The van der Waals surface area contributed by atoms with E-state index in [9.17, 15) is 9.59 Å². The number of nitrogens with zero attached hydrogens (tertiary/aromatic N) is 1. The highest BCUT2D eigenvalue weighted by atomic mass is 16.2. The third-order valence-corrected chi connectivity index (χ3v) is 3.39. The van der Waals surface area contributed by atoms with Crippen LogP contribution in [0.2, 0.25) is 0 Å². The number of amides is 1. The summed E-state index contributed by atoms with van der Waals surface area (Å²) in [5, 5.41) is 0. The van der Waals surface area contributed by atoms with Gasteiger partial charge in [-0.3, -0.25) is 14.5 Å². The monoisotopic (exact) mass is 227 g/mol. The predicted octanol–water partition coefficient (Wildman–Crippen LogP) is 2.43. The van der Waals surface area contributed by atoms with Gasteiger partial charge in [0.2, 0.25) is 5.78 Å². The van der Waals surface area contributed by atoms with Crippen LogP contribution >= 0.6 is 0 Å². The highest BCUT2D eigenvalue weighted by molar-refractivity contribution is 6.50. The Kier molecular flexibility index (Phi) is 2.32. The summed E-state index contributed by atoms with van der Waals surface area (Å²) in [7, 11) is 0. The smallest absolute Gasteiger partial charge is 0.283 e.